The number of piperazine rings is 1. The molecule has 1 saturated heterocycles. The van der Waals surface area contributed by atoms with Crippen LogP contribution in [0.25, 0.3) is 26.9 Å². The first-order chi connectivity index (χ1) is 29.9. The molecule has 1 aromatic heterocycles. The molecule has 11 nitrogen and oxygen atoms in total. The van der Waals surface area contributed by atoms with Crippen molar-refractivity contribution in [1.29, 1.82) is 0 Å². The van der Waals surface area contributed by atoms with E-state index < -0.39 is 0 Å². The van der Waals surface area contributed by atoms with Gasteiger partial charge in [-0.1, -0.05) is 50.0 Å². The monoisotopic (exact) mass is 851 g/mol. The van der Waals surface area contributed by atoms with E-state index in [9.17, 15) is 4.79 Å². The van der Waals surface area contributed by atoms with Gasteiger partial charge in [-0.05, 0) is 105 Å². The predicted molar refractivity (Wildman–Crippen MR) is 245 cm³/mol. The molecule has 0 radical (unpaired) electrons. The molecule has 0 N–H and O–H groups in total. The molecule has 1 aliphatic heterocycles. The number of rotatable bonds is 25. The fourth-order valence-corrected chi connectivity index (χ4v) is 8.46. The number of para-hydroxylation sites is 1. The number of ketones is 1. The van der Waals surface area contributed by atoms with Crippen LogP contribution in [-0.4, -0.2) is 109 Å². The van der Waals surface area contributed by atoms with Crippen molar-refractivity contribution >= 4 is 33.4 Å². The lowest BCUT2D eigenvalue weighted by atomic mass is 10.1. The highest BCUT2D eigenvalue weighted by Gasteiger charge is 2.18. The van der Waals surface area contributed by atoms with E-state index in [1.54, 1.807) is 43.8 Å². The van der Waals surface area contributed by atoms with Gasteiger partial charge in [0, 0.05) is 37.3 Å². The zero-order valence-electron chi connectivity index (χ0n) is 36.4. The lowest BCUT2D eigenvalue weighted by Crippen LogP contribution is -2.46. The van der Waals surface area contributed by atoms with Crippen LogP contribution in [0.3, 0.4) is 0 Å². The van der Waals surface area contributed by atoms with Gasteiger partial charge in [-0.3, -0.25) is 4.79 Å². The van der Waals surface area contributed by atoms with E-state index in [0.29, 0.717) is 47.5 Å². The van der Waals surface area contributed by atoms with Crippen LogP contribution in [0, 0.1) is 0 Å². The highest BCUT2D eigenvalue weighted by molar-refractivity contribution is 7.21. The summed E-state index contributed by atoms with van der Waals surface area (Å²) in [6.07, 6.45) is 12.4. The third-order valence-corrected chi connectivity index (χ3v) is 12.1. The maximum absolute atomic E-state index is 13.0. The number of unbranched alkanes of at least 4 members (excludes halogenated alkanes) is 6. The van der Waals surface area contributed by atoms with E-state index in [0.717, 1.165) is 91.6 Å². The van der Waals surface area contributed by atoms with Gasteiger partial charge in [0.05, 0.1) is 59.0 Å². The zero-order chi connectivity index (χ0) is 42.8. The number of fused-ring (bicyclic) bond motifs is 1. The van der Waals surface area contributed by atoms with E-state index >= 15 is 0 Å². The number of hydrogen-bond donors (Lipinski definition) is 0. The molecule has 12 heteroatoms. The Hall–Kier alpha value is -5.30. The molecule has 2 heterocycles. The average molecular weight is 852 g/mol. The van der Waals surface area contributed by atoms with Crippen molar-refractivity contribution in [1.82, 2.24) is 14.8 Å². The van der Waals surface area contributed by atoms with E-state index in [1.807, 2.05) is 48.5 Å². The molecule has 0 atom stereocenters. The second kappa shape index (κ2) is 23.6. The van der Waals surface area contributed by atoms with Crippen LogP contribution in [0.2, 0.25) is 0 Å². The number of nitrogens with zero attached hydrogens (tertiary/aromatic N) is 3. The molecule has 326 valence electrons. The number of allylic oxidation sites excluding steroid dienone is 1. The summed E-state index contributed by atoms with van der Waals surface area (Å²) >= 11 is 1.69. The Morgan fingerprint density at radius 2 is 1.20 bits per heavy atom. The van der Waals surface area contributed by atoms with E-state index in [-0.39, 0.29) is 5.78 Å². The first-order valence-corrected chi connectivity index (χ1v) is 22.2. The number of thiazole rings is 1. The third-order valence-electron chi connectivity index (χ3n) is 11.0. The number of methoxy groups -OCH3 is 5. The molecule has 4 aromatic carbocycles. The van der Waals surface area contributed by atoms with Crippen LogP contribution in [0.1, 0.15) is 67.3 Å². The summed E-state index contributed by atoms with van der Waals surface area (Å²) in [7, 11) is 7.91. The smallest absolute Gasteiger partial charge is 0.203 e. The summed E-state index contributed by atoms with van der Waals surface area (Å²) in [5, 5.41) is 0.988. The molecule has 61 heavy (non-hydrogen) atoms. The van der Waals surface area contributed by atoms with Crippen molar-refractivity contribution in [2.45, 2.75) is 51.4 Å². The quantitative estimate of drug-likeness (QED) is 0.0319. The Balaban J connectivity index is 0.803. The van der Waals surface area contributed by atoms with Crippen molar-refractivity contribution < 1.29 is 38.0 Å². The van der Waals surface area contributed by atoms with Crippen molar-refractivity contribution in [3.63, 3.8) is 0 Å². The summed E-state index contributed by atoms with van der Waals surface area (Å²) in [5.41, 5.74) is 3.33. The summed E-state index contributed by atoms with van der Waals surface area (Å²) < 4.78 is 40.8. The Bertz CT molecular complexity index is 2120. The second-order valence-corrected chi connectivity index (χ2v) is 16.1. The topological polar surface area (TPSA) is 101 Å². The molecule has 0 bridgehead atoms. The minimum atomic E-state index is -0.188. The molecule has 0 unspecified atom stereocenters. The van der Waals surface area contributed by atoms with Gasteiger partial charge in [0.1, 0.15) is 5.01 Å². The first kappa shape index (κ1) is 45.2. The first-order valence-electron chi connectivity index (χ1n) is 21.4. The Labute approximate surface area is 365 Å². The Kier molecular flexibility index (Phi) is 17.5. The zero-order valence-corrected chi connectivity index (χ0v) is 37.2. The van der Waals surface area contributed by atoms with Gasteiger partial charge < -0.3 is 43.0 Å². The highest BCUT2D eigenvalue weighted by Crippen LogP contribution is 2.39. The maximum atomic E-state index is 13.0. The molecule has 0 spiro atoms. The molecule has 6 rings (SSSR count). The van der Waals surface area contributed by atoms with Gasteiger partial charge in [0.25, 0.3) is 0 Å². The number of aromatic nitrogens is 1. The maximum Gasteiger partial charge on any atom is 0.203 e. The number of benzene rings is 4. The van der Waals surface area contributed by atoms with Crippen LogP contribution >= 0.6 is 11.3 Å². The SMILES string of the molecule is COc1cc(-c2nc3ccccc3s2)ccc1OCCCCCCN1CCN(CCCCCCOc2cc(/C=C/C(=O)c3cc(OC)c(OC)c(OC)c3)ccc2OC)CC1. The minimum Gasteiger partial charge on any atom is -0.493 e. The molecule has 1 fully saturated rings. The van der Waals surface area contributed by atoms with Gasteiger partial charge in [0.2, 0.25) is 5.75 Å². The Morgan fingerprint density at radius 3 is 1.80 bits per heavy atom. The van der Waals surface area contributed by atoms with E-state index in [1.165, 1.54) is 64.3 Å². The second-order valence-electron chi connectivity index (χ2n) is 15.1. The fourth-order valence-electron chi connectivity index (χ4n) is 7.50. The standard InChI is InChI=1S/C49H61N3O8S/c1-54-41-22-19-36(18-21-40(53)38-34-45(56-3)48(58-5)46(35-38)57-4)32-44(41)60-31-15-9-7-13-25-52-28-26-51(27-29-52)24-12-6-8-14-30-59-42-23-20-37(33-43(42)55-2)49-50-39-16-10-11-17-47(39)61-49/h10-11,16-23,32-35H,6-9,12-15,24-31H2,1-5H3/b21-18+. The predicted octanol–water partition coefficient (Wildman–Crippen LogP) is 10.1. The van der Waals surface area contributed by atoms with Gasteiger partial charge >= 0.3 is 0 Å². The molecule has 0 saturated carbocycles. The van der Waals surface area contributed by atoms with Crippen LogP contribution in [0.15, 0.2) is 78.9 Å². The minimum absolute atomic E-state index is 0.188. The summed E-state index contributed by atoms with van der Waals surface area (Å²) in [4.78, 5) is 23.0. The largest absolute Gasteiger partial charge is 0.493 e. The van der Waals surface area contributed by atoms with Crippen LogP contribution in [0.5, 0.6) is 40.2 Å². The molecule has 1 aliphatic rings. The van der Waals surface area contributed by atoms with Crippen molar-refractivity contribution in [2.24, 2.45) is 0 Å². The van der Waals surface area contributed by atoms with Gasteiger partial charge in [-0.25, -0.2) is 4.98 Å². The number of hydrogen-bond acceptors (Lipinski definition) is 12. The van der Waals surface area contributed by atoms with Crippen molar-refractivity contribution in [3.8, 4) is 50.8 Å². The van der Waals surface area contributed by atoms with Gasteiger partial charge in [-0.15, -0.1) is 11.3 Å². The highest BCUT2D eigenvalue weighted by atomic mass is 32.1. The summed E-state index contributed by atoms with van der Waals surface area (Å²) in [5.74, 6) is 3.97. The lowest BCUT2D eigenvalue weighted by molar-refractivity contribution is 0.104. The number of carbonyl (C=O) groups excluding carboxylic acids is 1. The molecule has 0 amide bonds. The average Bonchev–Trinajstić information content (AvgIpc) is 3.74. The molecule has 0 aliphatic carbocycles. The summed E-state index contributed by atoms with van der Waals surface area (Å²) in [6.45, 7) is 8.22. The summed E-state index contributed by atoms with van der Waals surface area (Å²) in [6, 6.07) is 23.3. The third kappa shape index (κ3) is 12.9. The van der Waals surface area contributed by atoms with E-state index in [4.69, 9.17) is 38.1 Å². The van der Waals surface area contributed by atoms with Crippen LogP contribution in [-0.2, 0) is 0 Å². The van der Waals surface area contributed by atoms with Crippen molar-refractivity contribution in [3.05, 3.63) is 90.0 Å². The normalized spacial score (nSPS) is 13.4. The fraction of sp³-hybridized carbons (Fsp3) is 0.429. The molecular formula is C49H61N3O8S. The molecular weight excluding hydrogens is 791 g/mol. The van der Waals surface area contributed by atoms with Gasteiger partial charge in [0.15, 0.2) is 40.3 Å². The van der Waals surface area contributed by atoms with Crippen LogP contribution < -0.4 is 33.2 Å². The van der Waals surface area contributed by atoms with Crippen LogP contribution in [0.4, 0.5) is 0 Å². The van der Waals surface area contributed by atoms with Gasteiger partial charge in [-0.2, -0.15) is 0 Å². The Morgan fingerprint density at radius 1 is 0.607 bits per heavy atom. The van der Waals surface area contributed by atoms with Crippen molar-refractivity contribution in [2.75, 3.05) is 88.0 Å². The number of carbonyl (C=O) groups is 1. The lowest BCUT2D eigenvalue weighted by Gasteiger charge is -2.34. The number of ether oxygens (including phenoxy) is 7. The molecule has 5 aromatic rings. The van der Waals surface area contributed by atoms with E-state index in [2.05, 4.69) is 21.9 Å².